The summed E-state index contributed by atoms with van der Waals surface area (Å²) in [5.74, 6) is -0.164. The van der Waals surface area contributed by atoms with Gasteiger partial charge in [0.1, 0.15) is 0 Å². The summed E-state index contributed by atoms with van der Waals surface area (Å²) in [5.41, 5.74) is 5.25. The van der Waals surface area contributed by atoms with Crippen LogP contribution in [0.3, 0.4) is 0 Å². The molecular formula is C25H29N5O3. The number of ether oxygens (including phenoxy) is 2. The van der Waals surface area contributed by atoms with Gasteiger partial charge < -0.3 is 24.6 Å². The Balaban J connectivity index is 1.42. The highest BCUT2D eigenvalue weighted by atomic mass is 16.5. The van der Waals surface area contributed by atoms with Crippen molar-refractivity contribution in [2.75, 3.05) is 67.7 Å². The van der Waals surface area contributed by atoms with Gasteiger partial charge in [-0.1, -0.05) is 18.2 Å². The van der Waals surface area contributed by atoms with Crippen LogP contribution in [-0.4, -0.2) is 68.3 Å². The molecule has 0 aliphatic carbocycles. The molecule has 2 aliphatic heterocycles. The van der Waals surface area contributed by atoms with Crippen LogP contribution in [0, 0.1) is 6.92 Å². The highest BCUT2D eigenvalue weighted by Gasteiger charge is 2.21. The zero-order valence-corrected chi connectivity index (χ0v) is 18.9. The summed E-state index contributed by atoms with van der Waals surface area (Å²) >= 11 is 0. The van der Waals surface area contributed by atoms with E-state index in [0.717, 1.165) is 67.8 Å². The number of nitrogens with one attached hydrogen (secondary N) is 1. The fourth-order valence-corrected chi connectivity index (χ4v) is 4.36. The molecule has 1 aromatic heterocycles. The van der Waals surface area contributed by atoms with Crippen LogP contribution >= 0.6 is 0 Å². The summed E-state index contributed by atoms with van der Waals surface area (Å²) < 4.78 is 12.8. The van der Waals surface area contributed by atoms with Crippen LogP contribution in [0.25, 0.3) is 5.69 Å². The molecule has 8 heteroatoms. The third-order valence-electron chi connectivity index (χ3n) is 6.21. The summed E-state index contributed by atoms with van der Waals surface area (Å²) in [6.07, 6.45) is 1.63. The molecule has 0 spiro atoms. The first-order valence-corrected chi connectivity index (χ1v) is 11.4. The van der Waals surface area contributed by atoms with E-state index in [9.17, 15) is 4.79 Å². The van der Waals surface area contributed by atoms with E-state index in [2.05, 4.69) is 32.3 Å². The predicted molar refractivity (Wildman–Crippen MR) is 129 cm³/mol. The maximum absolute atomic E-state index is 13.3. The average molecular weight is 448 g/mol. The summed E-state index contributed by atoms with van der Waals surface area (Å²) in [7, 11) is 0. The highest BCUT2D eigenvalue weighted by molar-refractivity contribution is 6.06. The Hall–Kier alpha value is -3.36. The molecule has 0 unspecified atom stereocenters. The topological polar surface area (TPSA) is 71.9 Å². The molecule has 0 radical (unpaired) electrons. The third kappa shape index (κ3) is 4.58. The Morgan fingerprint density at radius 2 is 1.55 bits per heavy atom. The average Bonchev–Trinajstić information content (AvgIpc) is 3.27. The minimum absolute atomic E-state index is 0.164. The fourth-order valence-electron chi connectivity index (χ4n) is 4.36. The molecule has 2 aliphatic rings. The normalized spacial score (nSPS) is 16.6. The Labute approximate surface area is 193 Å². The smallest absolute Gasteiger partial charge is 0.259 e. The van der Waals surface area contributed by atoms with Crippen molar-refractivity contribution in [1.82, 2.24) is 9.78 Å². The SMILES string of the molecule is Cc1c(C(=O)Nc2ccc(N3CCOCC3)cc2N2CCOCC2)cnn1-c1ccccc1. The van der Waals surface area contributed by atoms with Crippen LogP contribution in [0.15, 0.2) is 54.7 Å². The quantitative estimate of drug-likeness (QED) is 0.648. The van der Waals surface area contributed by atoms with E-state index in [1.54, 1.807) is 10.9 Å². The number of para-hydroxylation sites is 1. The highest BCUT2D eigenvalue weighted by Crippen LogP contribution is 2.32. The predicted octanol–water partition coefficient (Wildman–Crippen LogP) is 3.11. The molecular weight excluding hydrogens is 418 g/mol. The summed E-state index contributed by atoms with van der Waals surface area (Å²) in [4.78, 5) is 17.9. The lowest BCUT2D eigenvalue weighted by Gasteiger charge is -2.33. The molecule has 0 saturated carbocycles. The van der Waals surface area contributed by atoms with Crippen molar-refractivity contribution in [3.05, 3.63) is 66.0 Å². The Kier molecular flexibility index (Phi) is 6.28. The molecule has 33 heavy (non-hydrogen) atoms. The van der Waals surface area contributed by atoms with Crippen molar-refractivity contribution in [3.8, 4) is 5.69 Å². The Morgan fingerprint density at radius 3 is 2.24 bits per heavy atom. The second-order valence-electron chi connectivity index (χ2n) is 8.25. The lowest BCUT2D eigenvalue weighted by molar-refractivity contribution is 0.102. The van der Waals surface area contributed by atoms with Crippen LogP contribution < -0.4 is 15.1 Å². The number of rotatable bonds is 5. The van der Waals surface area contributed by atoms with Gasteiger partial charge in [0.05, 0.1) is 60.9 Å². The molecule has 0 atom stereocenters. The zero-order valence-electron chi connectivity index (χ0n) is 18.9. The van der Waals surface area contributed by atoms with Crippen molar-refractivity contribution in [2.24, 2.45) is 0 Å². The van der Waals surface area contributed by atoms with Gasteiger partial charge in [-0.3, -0.25) is 4.79 Å². The molecule has 1 amide bonds. The number of nitrogens with zero attached hydrogens (tertiary/aromatic N) is 4. The standard InChI is InChI=1S/C25H29N5O3/c1-19-22(18-26-30(19)20-5-3-2-4-6-20)25(31)27-23-8-7-21(28-9-13-32-14-10-28)17-24(23)29-11-15-33-16-12-29/h2-8,17-18H,9-16H2,1H3,(H,27,31). The van der Waals surface area contributed by atoms with E-state index in [-0.39, 0.29) is 5.91 Å². The van der Waals surface area contributed by atoms with Crippen LogP contribution in [0.2, 0.25) is 0 Å². The molecule has 8 nitrogen and oxygen atoms in total. The lowest BCUT2D eigenvalue weighted by atomic mass is 10.1. The van der Waals surface area contributed by atoms with Gasteiger partial charge in [-0.2, -0.15) is 5.10 Å². The maximum Gasteiger partial charge on any atom is 0.259 e. The number of hydrogen-bond acceptors (Lipinski definition) is 6. The van der Waals surface area contributed by atoms with Crippen molar-refractivity contribution < 1.29 is 14.3 Å². The van der Waals surface area contributed by atoms with E-state index in [4.69, 9.17) is 9.47 Å². The molecule has 0 bridgehead atoms. The molecule has 1 N–H and O–H groups in total. The number of morpholine rings is 2. The largest absolute Gasteiger partial charge is 0.378 e. The number of amides is 1. The van der Waals surface area contributed by atoms with Gasteiger partial charge in [-0.25, -0.2) is 4.68 Å². The number of carbonyl (C=O) groups is 1. The molecule has 2 fully saturated rings. The number of carbonyl (C=O) groups excluding carboxylic acids is 1. The molecule has 3 aromatic rings. The Morgan fingerprint density at radius 1 is 0.879 bits per heavy atom. The monoisotopic (exact) mass is 447 g/mol. The van der Waals surface area contributed by atoms with E-state index in [1.165, 1.54) is 0 Å². The van der Waals surface area contributed by atoms with Crippen molar-refractivity contribution >= 4 is 23.0 Å². The second-order valence-corrected chi connectivity index (χ2v) is 8.25. The van der Waals surface area contributed by atoms with Gasteiger partial charge in [0.15, 0.2) is 0 Å². The Bertz CT molecular complexity index is 1100. The van der Waals surface area contributed by atoms with Gasteiger partial charge in [-0.05, 0) is 37.3 Å². The first kappa shape index (κ1) is 21.5. The second kappa shape index (κ2) is 9.64. The van der Waals surface area contributed by atoms with Crippen LogP contribution in [-0.2, 0) is 9.47 Å². The van der Waals surface area contributed by atoms with E-state index < -0.39 is 0 Å². The van der Waals surface area contributed by atoms with Crippen molar-refractivity contribution in [3.63, 3.8) is 0 Å². The number of anilines is 3. The first-order valence-electron chi connectivity index (χ1n) is 11.4. The van der Waals surface area contributed by atoms with Crippen molar-refractivity contribution in [2.45, 2.75) is 6.92 Å². The maximum atomic E-state index is 13.3. The van der Waals surface area contributed by atoms with Crippen LogP contribution in [0.1, 0.15) is 16.1 Å². The van der Waals surface area contributed by atoms with E-state index in [0.29, 0.717) is 18.8 Å². The summed E-state index contributed by atoms with van der Waals surface area (Å²) in [6.45, 7) is 8.06. The first-order chi connectivity index (χ1) is 16.2. The van der Waals surface area contributed by atoms with Gasteiger partial charge in [-0.15, -0.1) is 0 Å². The minimum atomic E-state index is -0.164. The lowest BCUT2D eigenvalue weighted by Crippen LogP contribution is -2.38. The van der Waals surface area contributed by atoms with Gasteiger partial charge in [0.25, 0.3) is 5.91 Å². The van der Waals surface area contributed by atoms with Gasteiger partial charge in [0, 0.05) is 31.9 Å². The van der Waals surface area contributed by atoms with Gasteiger partial charge >= 0.3 is 0 Å². The third-order valence-corrected chi connectivity index (χ3v) is 6.21. The molecule has 5 rings (SSSR count). The number of hydrogen-bond donors (Lipinski definition) is 1. The van der Waals surface area contributed by atoms with E-state index >= 15 is 0 Å². The molecule has 3 heterocycles. The minimum Gasteiger partial charge on any atom is -0.378 e. The number of aromatic nitrogens is 2. The zero-order chi connectivity index (χ0) is 22.6. The van der Waals surface area contributed by atoms with Crippen LogP contribution in [0.4, 0.5) is 17.1 Å². The number of benzene rings is 2. The molecule has 2 saturated heterocycles. The summed E-state index contributed by atoms with van der Waals surface area (Å²) in [5, 5.41) is 7.59. The molecule has 2 aromatic carbocycles. The van der Waals surface area contributed by atoms with Crippen LogP contribution in [0.5, 0.6) is 0 Å². The fraction of sp³-hybridized carbons (Fsp3) is 0.360. The summed E-state index contributed by atoms with van der Waals surface area (Å²) in [6, 6.07) is 16.1. The molecule has 172 valence electrons. The van der Waals surface area contributed by atoms with E-state index in [1.807, 2.05) is 43.3 Å². The van der Waals surface area contributed by atoms with Crippen molar-refractivity contribution in [1.29, 1.82) is 0 Å². The van der Waals surface area contributed by atoms with Gasteiger partial charge in [0.2, 0.25) is 0 Å².